The Hall–Kier alpha value is -0.670. The Kier molecular flexibility index (Phi) is 12.3. The SMILES string of the molecule is C=C(C)CC(CC)OP(=O)(OC(CC)CC(=C)C)OC(CC)CC(=C)C. The molecule has 0 amide bonds. The molecule has 0 spiro atoms. The van der Waals surface area contributed by atoms with Gasteiger partial charge >= 0.3 is 7.82 Å². The van der Waals surface area contributed by atoms with E-state index in [0.717, 1.165) is 16.7 Å². The third kappa shape index (κ3) is 11.1. The van der Waals surface area contributed by atoms with E-state index in [1.807, 2.05) is 41.5 Å². The molecule has 0 fully saturated rings. The van der Waals surface area contributed by atoms with Gasteiger partial charge < -0.3 is 0 Å². The van der Waals surface area contributed by atoms with Crippen LogP contribution in [0, 0.1) is 0 Å². The van der Waals surface area contributed by atoms with Crippen molar-refractivity contribution < 1.29 is 18.1 Å². The van der Waals surface area contributed by atoms with Crippen molar-refractivity contribution in [2.75, 3.05) is 0 Å². The van der Waals surface area contributed by atoms with Gasteiger partial charge in [0.05, 0.1) is 18.3 Å². The Balaban J connectivity index is 5.44. The predicted molar refractivity (Wildman–Crippen MR) is 111 cm³/mol. The molecule has 3 unspecified atom stereocenters. The molecule has 0 aliphatic carbocycles. The van der Waals surface area contributed by atoms with Crippen LogP contribution in [0.4, 0.5) is 0 Å². The summed E-state index contributed by atoms with van der Waals surface area (Å²) in [5.41, 5.74) is 2.93. The average molecular weight is 387 g/mol. The summed E-state index contributed by atoms with van der Waals surface area (Å²) in [6.45, 7) is 23.6. The van der Waals surface area contributed by atoms with Gasteiger partial charge in [-0.05, 0) is 59.3 Å². The van der Waals surface area contributed by atoms with Crippen molar-refractivity contribution in [2.45, 2.75) is 98.4 Å². The first-order valence-electron chi connectivity index (χ1n) is 9.63. The molecule has 0 aliphatic heterocycles. The summed E-state index contributed by atoms with van der Waals surface area (Å²) in [6, 6.07) is 0. The lowest BCUT2D eigenvalue weighted by Gasteiger charge is -2.29. The van der Waals surface area contributed by atoms with Crippen LogP contribution >= 0.6 is 7.82 Å². The molecular weight excluding hydrogens is 347 g/mol. The Morgan fingerprint density at radius 3 is 1.08 bits per heavy atom. The lowest BCUT2D eigenvalue weighted by molar-refractivity contribution is 0.0282. The van der Waals surface area contributed by atoms with Crippen LogP contribution in [0.15, 0.2) is 36.5 Å². The first-order valence-corrected chi connectivity index (χ1v) is 11.1. The summed E-state index contributed by atoms with van der Waals surface area (Å²) in [4.78, 5) is 0. The van der Waals surface area contributed by atoms with Gasteiger partial charge in [-0.3, -0.25) is 13.6 Å². The topological polar surface area (TPSA) is 44.8 Å². The van der Waals surface area contributed by atoms with Gasteiger partial charge in [0, 0.05) is 0 Å². The van der Waals surface area contributed by atoms with Crippen LogP contribution in [0.3, 0.4) is 0 Å². The minimum absolute atomic E-state index is 0.247. The largest absolute Gasteiger partial charge is 0.475 e. The second-order valence-corrected chi connectivity index (χ2v) is 8.86. The Morgan fingerprint density at radius 1 is 0.692 bits per heavy atom. The minimum atomic E-state index is -3.73. The summed E-state index contributed by atoms with van der Waals surface area (Å²) in [6.07, 6.45) is 3.26. The zero-order valence-electron chi connectivity index (χ0n) is 17.7. The van der Waals surface area contributed by atoms with Crippen LogP contribution in [0.5, 0.6) is 0 Å². The van der Waals surface area contributed by atoms with Crippen LogP contribution < -0.4 is 0 Å². The lowest BCUT2D eigenvalue weighted by Crippen LogP contribution is -2.21. The fraction of sp³-hybridized carbons (Fsp3) is 0.714. The summed E-state index contributed by atoms with van der Waals surface area (Å²) in [7, 11) is -3.73. The van der Waals surface area contributed by atoms with Gasteiger partial charge in [-0.15, -0.1) is 19.7 Å². The fourth-order valence-corrected chi connectivity index (χ4v) is 4.47. The molecule has 0 saturated heterocycles. The van der Waals surface area contributed by atoms with E-state index in [1.165, 1.54) is 0 Å². The zero-order chi connectivity index (χ0) is 20.3. The maximum atomic E-state index is 13.5. The molecule has 0 saturated carbocycles. The molecule has 0 bridgehead atoms. The smallest absolute Gasteiger partial charge is 0.283 e. The van der Waals surface area contributed by atoms with Crippen LogP contribution in [0.25, 0.3) is 0 Å². The number of rotatable bonds is 15. The van der Waals surface area contributed by atoms with Crippen molar-refractivity contribution >= 4 is 7.82 Å². The standard InChI is InChI=1S/C21H39O4P/c1-10-19(13-16(4)5)23-26(22,24-20(11-2)14-17(6)7)25-21(12-3)15-18(8)9/h19-21H,4,6,8,10-15H2,1-3,5,7,9H3. The molecule has 0 radical (unpaired) electrons. The highest BCUT2D eigenvalue weighted by Crippen LogP contribution is 2.55. The molecule has 0 aromatic rings. The molecule has 5 heteroatoms. The molecule has 0 aliphatic rings. The molecule has 3 atom stereocenters. The maximum Gasteiger partial charge on any atom is 0.475 e. The maximum absolute atomic E-state index is 13.5. The van der Waals surface area contributed by atoms with E-state index >= 15 is 0 Å². The highest BCUT2D eigenvalue weighted by atomic mass is 31.2. The van der Waals surface area contributed by atoms with E-state index in [4.69, 9.17) is 13.6 Å². The number of hydrogen-bond acceptors (Lipinski definition) is 4. The van der Waals surface area contributed by atoms with E-state index in [9.17, 15) is 4.57 Å². The molecular formula is C21H39O4P. The van der Waals surface area contributed by atoms with Crippen molar-refractivity contribution in [3.8, 4) is 0 Å². The summed E-state index contributed by atoms with van der Waals surface area (Å²) in [5.74, 6) is 0. The fourth-order valence-electron chi connectivity index (χ4n) is 2.56. The Labute approximate surface area is 161 Å². The van der Waals surface area contributed by atoms with E-state index in [-0.39, 0.29) is 18.3 Å². The summed E-state index contributed by atoms with van der Waals surface area (Å²) in [5, 5.41) is 0. The molecule has 0 rings (SSSR count). The second-order valence-electron chi connectivity index (χ2n) is 7.34. The van der Waals surface area contributed by atoms with Gasteiger partial charge in [-0.1, -0.05) is 37.5 Å². The lowest BCUT2D eigenvalue weighted by atomic mass is 10.1. The quantitative estimate of drug-likeness (QED) is 0.217. The normalized spacial score (nSPS) is 17.2. The first kappa shape index (κ1) is 25.3. The number of phosphoric acid groups is 1. The van der Waals surface area contributed by atoms with Gasteiger partial charge in [-0.25, -0.2) is 4.57 Å². The average Bonchev–Trinajstić information content (AvgIpc) is 2.51. The Bertz CT molecular complexity index is 441. The second kappa shape index (κ2) is 12.7. The molecule has 0 aromatic carbocycles. The monoisotopic (exact) mass is 386 g/mol. The van der Waals surface area contributed by atoms with Gasteiger partial charge in [0.1, 0.15) is 0 Å². The predicted octanol–water partition coefficient (Wildman–Crippen LogP) is 7.38. The van der Waals surface area contributed by atoms with Crippen molar-refractivity contribution in [1.82, 2.24) is 0 Å². The van der Waals surface area contributed by atoms with Gasteiger partial charge in [0.2, 0.25) is 0 Å². The molecule has 4 nitrogen and oxygen atoms in total. The highest BCUT2D eigenvalue weighted by Gasteiger charge is 2.35. The van der Waals surface area contributed by atoms with Crippen LogP contribution in [-0.4, -0.2) is 18.3 Å². The Morgan fingerprint density at radius 2 is 0.923 bits per heavy atom. The number of phosphoric ester groups is 1. The van der Waals surface area contributed by atoms with E-state index in [0.29, 0.717) is 38.5 Å². The highest BCUT2D eigenvalue weighted by molar-refractivity contribution is 7.48. The van der Waals surface area contributed by atoms with Gasteiger partial charge in [0.25, 0.3) is 0 Å². The molecule has 0 heterocycles. The van der Waals surface area contributed by atoms with Crippen molar-refractivity contribution in [3.05, 3.63) is 36.5 Å². The summed E-state index contributed by atoms with van der Waals surface area (Å²) < 4.78 is 31.3. The van der Waals surface area contributed by atoms with Gasteiger partial charge in [0.15, 0.2) is 0 Å². The van der Waals surface area contributed by atoms with Crippen molar-refractivity contribution in [1.29, 1.82) is 0 Å². The minimum Gasteiger partial charge on any atom is -0.283 e. The first-order chi connectivity index (χ1) is 12.0. The van der Waals surface area contributed by atoms with Crippen molar-refractivity contribution in [3.63, 3.8) is 0 Å². The van der Waals surface area contributed by atoms with E-state index in [1.54, 1.807) is 0 Å². The van der Waals surface area contributed by atoms with Crippen molar-refractivity contribution in [2.24, 2.45) is 0 Å². The van der Waals surface area contributed by atoms with Crippen LogP contribution in [0.2, 0.25) is 0 Å². The molecule has 26 heavy (non-hydrogen) atoms. The third-order valence-electron chi connectivity index (χ3n) is 3.93. The zero-order valence-corrected chi connectivity index (χ0v) is 18.6. The summed E-state index contributed by atoms with van der Waals surface area (Å²) >= 11 is 0. The van der Waals surface area contributed by atoms with Crippen LogP contribution in [0.1, 0.15) is 80.1 Å². The number of hydrogen-bond donors (Lipinski definition) is 0. The van der Waals surface area contributed by atoms with E-state index in [2.05, 4.69) is 19.7 Å². The van der Waals surface area contributed by atoms with E-state index < -0.39 is 7.82 Å². The van der Waals surface area contributed by atoms with Crippen LogP contribution in [-0.2, 0) is 18.1 Å². The van der Waals surface area contributed by atoms with Gasteiger partial charge in [-0.2, -0.15) is 0 Å². The molecule has 152 valence electrons. The third-order valence-corrected chi connectivity index (χ3v) is 5.60. The molecule has 0 N–H and O–H groups in total. The molecule has 0 aromatic heterocycles.